The maximum absolute atomic E-state index is 11.8. The van der Waals surface area contributed by atoms with Crippen LogP contribution in [0.4, 0.5) is 4.79 Å². The zero-order valence-electron chi connectivity index (χ0n) is 9.87. The molecule has 0 aromatic rings. The number of carbonyl (C=O) groups is 2. The molecule has 2 aliphatic rings. The van der Waals surface area contributed by atoms with E-state index in [-0.39, 0.29) is 12.1 Å². The quantitative estimate of drug-likeness (QED) is 0.719. The summed E-state index contributed by atoms with van der Waals surface area (Å²) in [5, 5.41) is 17.9. The SMILES string of the molecule is CN(CC1CC(O)C1)C(=O)N1CC(C(=O)O)C1. The van der Waals surface area contributed by atoms with Gasteiger partial charge in [0.25, 0.3) is 0 Å². The minimum Gasteiger partial charge on any atom is -0.481 e. The molecule has 6 heteroatoms. The zero-order chi connectivity index (χ0) is 12.6. The van der Waals surface area contributed by atoms with Crippen LogP contribution in [0.5, 0.6) is 0 Å². The first-order chi connectivity index (χ1) is 7.97. The molecular weight excluding hydrogens is 224 g/mol. The van der Waals surface area contributed by atoms with Gasteiger partial charge < -0.3 is 20.0 Å². The van der Waals surface area contributed by atoms with Gasteiger partial charge in [-0.15, -0.1) is 0 Å². The molecule has 1 aliphatic carbocycles. The molecule has 0 aromatic heterocycles. The maximum Gasteiger partial charge on any atom is 0.319 e. The Morgan fingerprint density at radius 2 is 1.94 bits per heavy atom. The highest BCUT2D eigenvalue weighted by Gasteiger charge is 2.38. The van der Waals surface area contributed by atoms with Crippen LogP contribution >= 0.6 is 0 Å². The molecule has 1 saturated heterocycles. The van der Waals surface area contributed by atoms with E-state index in [9.17, 15) is 9.59 Å². The zero-order valence-corrected chi connectivity index (χ0v) is 9.87. The van der Waals surface area contributed by atoms with Crippen molar-refractivity contribution in [3.05, 3.63) is 0 Å². The van der Waals surface area contributed by atoms with Crippen LogP contribution in [0.3, 0.4) is 0 Å². The Kier molecular flexibility index (Phi) is 3.24. The van der Waals surface area contributed by atoms with Gasteiger partial charge in [0.05, 0.1) is 12.0 Å². The van der Waals surface area contributed by atoms with Gasteiger partial charge in [0.2, 0.25) is 0 Å². The lowest BCUT2D eigenvalue weighted by Crippen LogP contribution is -2.57. The number of aliphatic hydroxyl groups is 1. The van der Waals surface area contributed by atoms with Crippen LogP contribution in [0.2, 0.25) is 0 Å². The van der Waals surface area contributed by atoms with E-state index in [1.807, 2.05) is 0 Å². The lowest BCUT2D eigenvalue weighted by molar-refractivity contribution is -0.146. The number of amides is 2. The van der Waals surface area contributed by atoms with Gasteiger partial charge in [0.15, 0.2) is 0 Å². The third-order valence-electron chi connectivity index (χ3n) is 3.57. The minimum absolute atomic E-state index is 0.108. The third kappa shape index (κ3) is 2.52. The van der Waals surface area contributed by atoms with Gasteiger partial charge in [-0.25, -0.2) is 4.79 Å². The molecule has 6 nitrogen and oxygen atoms in total. The van der Waals surface area contributed by atoms with Crippen molar-refractivity contribution in [2.75, 3.05) is 26.7 Å². The van der Waals surface area contributed by atoms with Crippen LogP contribution in [0, 0.1) is 11.8 Å². The molecule has 0 atom stereocenters. The predicted molar refractivity (Wildman–Crippen MR) is 59.5 cm³/mol. The summed E-state index contributed by atoms with van der Waals surface area (Å²) in [5.74, 6) is -0.854. The first kappa shape index (κ1) is 12.2. The number of aliphatic hydroxyl groups excluding tert-OH is 1. The van der Waals surface area contributed by atoms with Crippen LogP contribution in [-0.2, 0) is 4.79 Å². The second-order valence-electron chi connectivity index (χ2n) is 5.09. The molecular formula is C11H18N2O4. The van der Waals surface area contributed by atoms with E-state index < -0.39 is 11.9 Å². The largest absolute Gasteiger partial charge is 0.481 e. The van der Waals surface area contributed by atoms with Gasteiger partial charge in [-0.1, -0.05) is 0 Å². The van der Waals surface area contributed by atoms with Gasteiger partial charge in [0, 0.05) is 26.7 Å². The maximum atomic E-state index is 11.8. The number of aliphatic carboxylic acids is 1. The molecule has 1 saturated carbocycles. The topological polar surface area (TPSA) is 81.1 Å². The Bertz CT molecular complexity index is 321. The number of carboxylic acids is 1. The summed E-state index contributed by atoms with van der Waals surface area (Å²) in [6.07, 6.45) is 1.31. The highest BCUT2D eigenvalue weighted by Crippen LogP contribution is 2.28. The van der Waals surface area contributed by atoms with E-state index in [1.165, 1.54) is 0 Å². The lowest BCUT2D eigenvalue weighted by Gasteiger charge is -2.41. The second-order valence-corrected chi connectivity index (χ2v) is 5.09. The number of urea groups is 1. The van der Waals surface area contributed by atoms with Crippen molar-refractivity contribution in [1.82, 2.24) is 9.80 Å². The van der Waals surface area contributed by atoms with Crippen LogP contribution < -0.4 is 0 Å². The Hall–Kier alpha value is -1.30. The minimum atomic E-state index is -0.834. The number of carboxylic acid groups (broad SMARTS) is 1. The summed E-state index contributed by atoms with van der Waals surface area (Å²) in [6, 6.07) is -0.108. The Labute approximate surface area is 99.8 Å². The average molecular weight is 242 g/mol. The molecule has 0 aromatic carbocycles. The van der Waals surface area contributed by atoms with E-state index in [1.54, 1.807) is 16.8 Å². The molecule has 17 heavy (non-hydrogen) atoms. The van der Waals surface area contributed by atoms with Crippen LogP contribution in [0.15, 0.2) is 0 Å². The van der Waals surface area contributed by atoms with Crippen LogP contribution in [0.25, 0.3) is 0 Å². The van der Waals surface area contributed by atoms with Gasteiger partial charge >= 0.3 is 12.0 Å². The van der Waals surface area contributed by atoms with Gasteiger partial charge in [-0.3, -0.25) is 4.79 Å². The van der Waals surface area contributed by atoms with E-state index in [2.05, 4.69) is 0 Å². The van der Waals surface area contributed by atoms with Crippen LogP contribution in [0.1, 0.15) is 12.8 Å². The monoisotopic (exact) mass is 242 g/mol. The Morgan fingerprint density at radius 1 is 1.35 bits per heavy atom. The summed E-state index contributed by atoms with van der Waals surface area (Å²) < 4.78 is 0. The normalized spacial score (nSPS) is 28.2. The molecule has 2 fully saturated rings. The summed E-state index contributed by atoms with van der Waals surface area (Å²) >= 11 is 0. The van der Waals surface area contributed by atoms with E-state index >= 15 is 0 Å². The Balaban J connectivity index is 1.71. The van der Waals surface area contributed by atoms with Crippen LogP contribution in [-0.4, -0.2) is 64.8 Å². The molecule has 2 N–H and O–H groups in total. The first-order valence-corrected chi connectivity index (χ1v) is 5.88. The Morgan fingerprint density at radius 3 is 2.41 bits per heavy atom. The van der Waals surface area contributed by atoms with E-state index in [0.717, 1.165) is 12.8 Å². The lowest BCUT2D eigenvalue weighted by atomic mass is 9.82. The van der Waals surface area contributed by atoms with Gasteiger partial charge in [0.1, 0.15) is 0 Å². The number of hydrogen-bond acceptors (Lipinski definition) is 3. The second kappa shape index (κ2) is 4.52. The van der Waals surface area contributed by atoms with Crippen molar-refractivity contribution < 1.29 is 19.8 Å². The van der Waals surface area contributed by atoms with Crippen molar-refractivity contribution in [1.29, 1.82) is 0 Å². The fraction of sp³-hybridized carbons (Fsp3) is 0.818. The highest BCUT2D eigenvalue weighted by molar-refractivity contribution is 5.79. The smallest absolute Gasteiger partial charge is 0.319 e. The summed E-state index contributed by atoms with van der Waals surface area (Å²) in [7, 11) is 1.72. The summed E-state index contributed by atoms with van der Waals surface area (Å²) in [6.45, 7) is 1.27. The fourth-order valence-electron chi connectivity index (χ4n) is 2.35. The van der Waals surface area contributed by atoms with Gasteiger partial charge in [-0.05, 0) is 18.8 Å². The number of nitrogens with zero attached hydrogens (tertiary/aromatic N) is 2. The number of likely N-dealkylation sites (tertiary alicyclic amines) is 1. The molecule has 2 rings (SSSR count). The molecule has 96 valence electrons. The van der Waals surface area contributed by atoms with Crippen molar-refractivity contribution in [2.45, 2.75) is 18.9 Å². The molecule has 0 unspecified atom stereocenters. The summed E-state index contributed by atoms with van der Waals surface area (Å²) in [5.41, 5.74) is 0. The van der Waals surface area contributed by atoms with Crippen molar-refractivity contribution >= 4 is 12.0 Å². The molecule has 1 aliphatic heterocycles. The third-order valence-corrected chi connectivity index (χ3v) is 3.57. The fourth-order valence-corrected chi connectivity index (χ4v) is 2.35. The molecule has 1 heterocycles. The number of rotatable bonds is 3. The van der Waals surface area contributed by atoms with Crippen molar-refractivity contribution in [3.63, 3.8) is 0 Å². The van der Waals surface area contributed by atoms with Crippen molar-refractivity contribution in [2.24, 2.45) is 11.8 Å². The molecule has 0 radical (unpaired) electrons. The van der Waals surface area contributed by atoms with Gasteiger partial charge in [-0.2, -0.15) is 0 Å². The van der Waals surface area contributed by atoms with Crippen molar-refractivity contribution in [3.8, 4) is 0 Å². The molecule has 0 spiro atoms. The number of hydrogen-bond donors (Lipinski definition) is 2. The van der Waals surface area contributed by atoms with E-state index in [0.29, 0.717) is 25.6 Å². The highest BCUT2D eigenvalue weighted by atomic mass is 16.4. The molecule has 2 amide bonds. The van der Waals surface area contributed by atoms with E-state index in [4.69, 9.17) is 10.2 Å². The number of carbonyl (C=O) groups excluding carboxylic acids is 1. The average Bonchev–Trinajstić information content (AvgIpc) is 2.11. The first-order valence-electron chi connectivity index (χ1n) is 5.88. The molecule has 0 bridgehead atoms. The predicted octanol–water partition coefficient (Wildman–Crippen LogP) is -0.175. The summed E-state index contributed by atoms with van der Waals surface area (Å²) in [4.78, 5) is 25.6. The standard InChI is InChI=1S/C11H18N2O4/c1-12(4-7-2-9(14)3-7)11(17)13-5-8(6-13)10(15)16/h7-9,14H,2-6H2,1H3,(H,15,16).